The fourth-order valence-corrected chi connectivity index (χ4v) is 1.62. The van der Waals surface area contributed by atoms with Crippen molar-refractivity contribution in [3.05, 3.63) is 23.8 Å². The van der Waals surface area contributed by atoms with Crippen LogP contribution in [0.4, 0.5) is 0 Å². The number of benzene rings is 1. The Morgan fingerprint density at radius 2 is 1.78 bits per heavy atom. The minimum atomic E-state index is -0.243. The minimum Gasteiger partial charge on any atom is -0.490 e. The van der Waals surface area contributed by atoms with E-state index in [1.165, 1.54) is 6.92 Å². The van der Waals surface area contributed by atoms with E-state index in [0.29, 0.717) is 30.3 Å². The summed E-state index contributed by atoms with van der Waals surface area (Å²) in [4.78, 5) is 23.0. The number of Topliss-reactive ketones (excluding diaryl/α,β-unsaturated/α-hetero) is 2. The van der Waals surface area contributed by atoms with Gasteiger partial charge in [0.1, 0.15) is 5.78 Å². The molecule has 0 N–H and O–H groups in total. The quantitative estimate of drug-likeness (QED) is 0.551. The molecule has 0 amide bonds. The highest BCUT2D eigenvalue weighted by Crippen LogP contribution is 2.32. The molecule has 0 saturated carbocycles. The first-order valence-electron chi connectivity index (χ1n) is 6.01. The summed E-state index contributed by atoms with van der Waals surface area (Å²) < 4.78 is 10.9. The van der Waals surface area contributed by atoms with Crippen molar-refractivity contribution < 1.29 is 19.1 Å². The third-order valence-corrected chi connectivity index (χ3v) is 2.28. The Kier molecular flexibility index (Phi) is 5.36. The van der Waals surface area contributed by atoms with Gasteiger partial charge >= 0.3 is 0 Å². The van der Waals surface area contributed by atoms with E-state index in [1.807, 2.05) is 13.8 Å². The lowest BCUT2D eigenvalue weighted by molar-refractivity contribution is -0.116. The Labute approximate surface area is 107 Å². The van der Waals surface area contributed by atoms with E-state index >= 15 is 0 Å². The number of para-hydroxylation sites is 1. The molecule has 0 atom stereocenters. The fourth-order valence-electron chi connectivity index (χ4n) is 1.62. The van der Waals surface area contributed by atoms with E-state index in [4.69, 9.17) is 9.47 Å². The summed E-state index contributed by atoms with van der Waals surface area (Å²) in [5, 5.41) is 0. The highest BCUT2D eigenvalue weighted by Gasteiger charge is 2.18. The molecule has 0 aliphatic heterocycles. The maximum absolute atomic E-state index is 12.0. The molecule has 18 heavy (non-hydrogen) atoms. The van der Waals surface area contributed by atoms with E-state index in [1.54, 1.807) is 18.2 Å². The van der Waals surface area contributed by atoms with Gasteiger partial charge in [0.15, 0.2) is 17.3 Å². The van der Waals surface area contributed by atoms with Gasteiger partial charge in [0.05, 0.1) is 25.2 Å². The Hall–Kier alpha value is -1.84. The molecule has 0 radical (unpaired) electrons. The second-order valence-electron chi connectivity index (χ2n) is 3.80. The lowest BCUT2D eigenvalue weighted by Crippen LogP contribution is -2.09. The average molecular weight is 250 g/mol. The van der Waals surface area contributed by atoms with Crippen LogP contribution in [0.5, 0.6) is 11.5 Å². The van der Waals surface area contributed by atoms with Crippen molar-refractivity contribution in [2.45, 2.75) is 27.2 Å². The fraction of sp³-hybridized carbons (Fsp3) is 0.429. The van der Waals surface area contributed by atoms with E-state index < -0.39 is 0 Å². The van der Waals surface area contributed by atoms with Gasteiger partial charge < -0.3 is 9.47 Å². The topological polar surface area (TPSA) is 52.6 Å². The Balaban J connectivity index is 3.12. The molecule has 0 unspecified atom stereocenters. The molecular weight excluding hydrogens is 232 g/mol. The predicted molar refractivity (Wildman–Crippen MR) is 68.4 cm³/mol. The van der Waals surface area contributed by atoms with Gasteiger partial charge in [-0.3, -0.25) is 9.59 Å². The third kappa shape index (κ3) is 3.58. The largest absolute Gasteiger partial charge is 0.490 e. The van der Waals surface area contributed by atoms with Crippen LogP contribution in [-0.2, 0) is 4.79 Å². The van der Waals surface area contributed by atoms with Crippen molar-refractivity contribution >= 4 is 11.6 Å². The molecule has 4 nitrogen and oxygen atoms in total. The van der Waals surface area contributed by atoms with Crippen LogP contribution < -0.4 is 9.47 Å². The second kappa shape index (κ2) is 6.79. The monoisotopic (exact) mass is 250 g/mol. The van der Waals surface area contributed by atoms with Gasteiger partial charge in [0, 0.05) is 0 Å². The van der Waals surface area contributed by atoms with Gasteiger partial charge in [-0.2, -0.15) is 0 Å². The van der Waals surface area contributed by atoms with Gasteiger partial charge in [0.2, 0.25) is 0 Å². The molecule has 0 saturated heterocycles. The van der Waals surface area contributed by atoms with Crippen LogP contribution in [0.3, 0.4) is 0 Å². The molecular formula is C14H18O4. The van der Waals surface area contributed by atoms with E-state index in [2.05, 4.69) is 0 Å². The van der Waals surface area contributed by atoms with Gasteiger partial charge in [-0.15, -0.1) is 0 Å². The molecule has 0 aliphatic rings. The smallest absolute Gasteiger partial charge is 0.174 e. The van der Waals surface area contributed by atoms with Gasteiger partial charge in [-0.25, -0.2) is 0 Å². The summed E-state index contributed by atoms with van der Waals surface area (Å²) >= 11 is 0. The zero-order chi connectivity index (χ0) is 13.5. The normalized spacial score (nSPS) is 9.94. The lowest BCUT2D eigenvalue weighted by atomic mass is 10.0. The Bertz CT molecular complexity index is 437. The molecule has 98 valence electrons. The van der Waals surface area contributed by atoms with Crippen LogP contribution >= 0.6 is 0 Å². The van der Waals surface area contributed by atoms with Crippen LogP contribution in [0.15, 0.2) is 18.2 Å². The number of carbonyl (C=O) groups excluding carboxylic acids is 2. The first kappa shape index (κ1) is 14.2. The number of hydrogen-bond donors (Lipinski definition) is 0. The van der Waals surface area contributed by atoms with Crippen molar-refractivity contribution in [2.24, 2.45) is 0 Å². The third-order valence-electron chi connectivity index (χ3n) is 2.28. The van der Waals surface area contributed by atoms with Gasteiger partial charge in [-0.05, 0) is 32.9 Å². The SMILES string of the molecule is CCOc1cccc(C(=O)CC(C)=O)c1OCC. The molecule has 1 rings (SSSR count). The molecule has 0 bridgehead atoms. The molecule has 0 fully saturated rings. The maximum Gasteiger partial charge on any atom is 0.174 e. The van der Waals surface area contributed by atoms with Crippen LogP contribution in [0.1, 0.15) is 37.6 Å². The number of rotatable bonds is 7. The number of carbonyl (C=O) groups is 2. The predicted octanol–water partition coefficient (Wildman–Crippen LogP) is 2.65. The molecule has 0 aliphatic carbocycles. The summed E-state index contributed by atoms with van der Waals surface area (Å²) in [6, 6.07) is 5.12. The van der Waals surface area contributed by atoms with Crippen LogP contribution in [0.25, 0.3) is 0 Å². The van der Waals surface area contributed by atoms with E-state index in [0.717, 1.165) is 0 Å². The van der Waals surface area contributed by atoms with Crippen molar-refractivity contribution in [3.63, 3.8) is 0 Å². The lowest BCUT2D eigenvalue weighted by Gasteiger charge is -2.14. The van der Waals surface area contributed by atoms with Gasteiger partial charge in [-0.1, -0.05) is 6.07 Å². The summed E-state index contributed by atoms with van der Waals surface area (Å²) in [6.07, 6.45) is -0.115. The molecule has 0 aromatic heterocycles. The first-order chi connectivity index (χ1) is 8.60. The zero-order valence-electron chi connectivity index (χ0n) is 11.0. The van der Waals surface area contributed by atoms with Crippen LogP contribution in [0, 0.1) is 0 Å². The van der Waals surface area contributed by atoms with Crippen molar-refractivity contribution in [1.82, 2.24) is 0 Å². The maximum atomic E-state index is 12.0. The Morgan fingerprint density at radius 3 is 2.33 bits per heavy atom. The number of ketones is 2. The zero-order valence-corrected chi connectivity index (χ0v) is 11.0. The molecule has 0 spiro atoms. The summed E-state index contributed by atoms with van der Waals surface area (Å²) in [6.45, 7) is 6.02. The highest BCUT2D eigenvalue weighted by molar-refractivity contribution is 6.09. The van der Waals surface area contributed by atoms with Crippen LogP contribution in [0.2, 0.25) is 0 Å². The first-order valence-corrected chi connectivity index (χ1v) is 6.01. The molecule has 1 aromatic carbocycles. The Morgan fingerprint density at radius 1 is 1.11 bits per heavy atom. The summed E-state index contributed by atoms with van der Waals surface area (Å²) in [5.41, 5.74) is 0.401. The van der Waals surface area contributed by atoms with Crippen molar-refractivity contribution in [3.8, 4) is 11.5 Å². The highest BCUT2D eigenvalue weighted by atomic mass is 16.5. The molecule has 0 heterocycles. The van der Waals surface area contributed by atoms with E-state index in [9.17, 15) is 9.59 Å². The number of hydrogen-bond acceptors (Lipinski definition) is 4. The summed E-state index contributed by atoms with van der Waals surface area (Å²) in [5.74, 6) is 0.554. The standard InChI is InChI=1S/C14H18O4/c1-4-17-13-8-6-7-11(14(13)18-5-2)12(16)9-10(3)15/h6-8H,4-5,9H2,1-3H3. The van der Waals surface area contributed by atoms with Crippen molar-refractivity contribution in [2.75, 3.05) is 13.2 Å². The van der Waals surface area contributed by atoms with Gasteiger partial charge in [0.25, 0.3) is 0 Å². The van der Waals surface area contributed by atoms with Crippen molar-refractivity contribution in [1.29, 1.82) is 0 Å². The average Bonchev–Trinajstić information content (AvgIpc) is 2.31. The second-order valence-corrected chi connectivity index (χ2v) is 3.80. The minimum absolute atomic E-state index is 0.115. The van der Waals surface area contributed by atoms with Crippen LogP contribution in [-0.4, -0.2) is 24.8 Å². The van der Waals surface area contributed by atoms with E-state index in [-0.39, 0.29) is 18.0 Å². The number of ether oxygens (including phenoxy) is 2. The molecule has 1 aromatic rings. The summed E-state index contributed by atoms with van der Waals surface area (Å²) in [7, 11) is 0. The molecule has 4 heteroatoms.